The molecule has 1 aliphatic rings. The van der Waals surface area contributed by atoms with E-state index in [1.54, 1.807) is 25.2 Å². The fraction of sp³-hybridized carbons (Fsp3) is 0.190. The first-order valence-corrected chi connectivity index (χ1v) is 8.99. The van der Waals surface area contributed by atoms with Crippen LogP contribution in [-0.4, -0.2) is 35.5 Å². The summed E-state index contributed by atoms with van der Waals surface area (Å²) in [5.74, 6) is 0.541. The number of halogens is 1. The quantitative estimate of drug-likeness (QED) is 0.739. The highest BCUT2D eigenvalue weighted by Crippen LogP contribution is 2.23. The van der Waals surface area contributed by atoms with Gasteiger partial charge in [0, 0.05) is 18.7 Å². The number of amides is 1. The van der Waals surface area contributed by atoms with Gasteiger partial charge in [0.1, 0.15) is 5.82 Å². The molecule has 1 aliphatic heterocycles. The molecule has 0 aliphatic carbocycles. The molecule has 6 nitrogen and oxygen atoms in total. The highest BCUT2D eigenvalue weighted by molar-refractivity contribution is 6.04. The van der Waals surface area contributed by atoms with Crippen LogP contribution in [0.1, 0.15) is 11.3 Å². The minimum atomic E-state index is -0.226. The molecule has 0 saturated carbocycles. The van der Waals surface area contributed by atoms with E-state index < -0.39 is 0 Å². The number of aryl methyl sites for hydroxylation is 2. The third kappa shape index (κ3) is 3.78. The standard InChI is InChI=1S/C21H19FN4O2/c1-26-20(27)13-23-21(26)24-19-12-16(25-28-19)11-8-14-6-9-15(10-7-14)17-4-2-3-5-18(17)22/h2-7,9-10,12H,8,11,13H2,1H3,(H,23,24). The fourth-order valence-electron chi connectivity index (χ4n) is 3.02. The Morgan fingerprint density at radius 1 is 1.18 bits per heavy atom. The van der Waals surface area contributed by atoms with Gasteiger partial charge in [-0.3, -0.25) is 9.69 Å². The van der Waals surface area contributed by atoms with Gasteiger partial charge in [0.2, 0.25) is 11.9 Å². The Hall–Kier alpha value is -3.48. The lowest BCUT2D eigenvalue weighted by atomic mass is 10.0. The van der Waals surface area contributed by atoms with Crippen LogP contribution < -0.4 is 5.32 Å². The van der Waals surface area contributed by atoms with E-state index in [0.29, 0.717) is 23.8 Å². The number of hydrogen-bond donors (Lipinski definition) is 1. The zero-order chi connectivity index (χ0) is 19.5. The molecule has 0 bridgehead atoms. The Balaban J connectivity index is 1.39. The lowest BCUT2D eigenvalue weighted by Gasteiger charge is -2.05. The van der Waals surface area contributed by atoms with Crippen LogP contribution in [0.15, 0.2) is 64.1 Å². The molecule has 7 heteroatoms. The maximum Gasteiger partial charge on any atom is 0.253 e. The molecule has 0 spiro atoms. The van der Waals surface area contributed by atoms with Gasteiger partial charge in [-0.15, -0.1) is 0 Å². The summed E-state index contributed by atoms with van der Waals surface area (Å²) in [6.07, 6.45) is 1.46. The third-order valence-electron chi connectivity index (χ3n) is 4.66. The number of nitrogens with zero attached hydrogens (tertiary/aromatic N) is 3. The minimum Gasteiger partial charge on any atom is -0.346 e. The molecule has 3 aromatic rings. The summed E-state index contributed by atoms with van der Waals surface area (Å²) in [6.45, 7) is 0.235. The van der Waals surface area contributed by atoms with Gasteiger partial charge >= 0.3 is 0 Å². The Labute approximate surface area is 161 Å². The van der Waals surface area contributed by atoms with Crippen molar-refractivity contribution in [3.05, 3.63) is 71.7 Å². The first-order valence-electron chi connectivity index (χ1n) is 8.99. The molecular formula is C21H19FN4O2. The van der Waals surface area contributed by atoms with E-state index in [1.165, 1.54) is 11.0 Å². The average Bonchev–Trinajstić information content (AvgIpc) is 3.29. The summed E-state index contributed by atoms with van der Waals surface area (Å²) in [5.41, 5.74) is 3.35. The normalized spacial score (nSPS) is 15.3. The Morgan fingerprint density at radius 3 is 2.68 bits per heavy atom. The predicted octanol–water partition coefficient (Wildman–Crippen LogP) is 3.32. The molecule has 0 atom stereocenters. The van der Waals surface area contributed by atoms with E-state index in [9.17, 15) is 9.18 Å². The van der Waals surface area contributed by atoms with E-state index in [-0.39, 0.29) is 18.3 Å². The second-order valence-corrected chi connectivity index (χ2v) is 6.57. The summed E-state index contributed by atoms with van der Waals surface area (Å²) in [6, 6.07) is 16.3. The monoisotopic (exact) mass is 378 g/mol. The number of nitrogens with one attached hydrogen (secondary N) is 1. The Morgan fingerprint density at radius 2 is 1.96 bits per heavy atom. The SMILES string of the molecule is CN1C(=O)CNC1=Nc1cc(CCc2ccc(-c3ccccc3F)cc2)no1. The topological polar surface area (TPSA) is 70.7 Å². The Bertz CT molecular complexity index is 1030. The van der Waals surface area contributed by atoms with Crippen molar-refractivity contribution in [3.8, 4) is 11.1 Å². The molecule has 142 valence electrons. The van der Waals surface area contributed by atoms with E-state index >= 15 is 0 Å². The van der Waals surface area contributed by atoms with Crippen LogP contribution in [0.3, 0.4) is 0 Å². The first kappa shape index (κ1) is 17.9. The molecule has 0 radical (unpaired) electrons. The largest absolute Gasteiger partial charge is 0.346 e. The Kier molecular flexibility index (Phi) is 4.89. The van der Waals surface area contributed by atoms with Gasteiger partial charge in [-0.05, 0) is 30.0 Å². The van der Waals surface area contributed by atoms with E-state index in [4.69, 9.17) is 4.52 Å². The number of carbonyl (C=O) groups excluding carboxylic acids is 1. The first-order chi connectivity index (χ1) is 13.6. The fourth-order valence-corrected chi connectivity index (χ4v) is 3.02. The molecular weight excluding hydrogens is 359 g/mol. The van der Waals surface area contributed by atoms with Crippen molar-refractivity contribution in [1.82, 2.24) is 15.4 Å². The van der Waals surface area contributed by atoms with Gasteiger partial charge in [0.05, 0.1) is 12.2 Å². The van der Waals surface area contributed by atoms with Crippen molar-refractivity contribution in [3.63, 3.8) is 0 Å². The van der Waals surface area contributed by atoms with E-state index in [0.717, 1.165) is 23.2 Å². The molecule has 1 N–H and O–H groups in total. The molecule has 2 heterocycles. The van der Waals surface area contributed by atoms with Gasteiger partial charge in [-0.25, -0.2) is 4.39 Å². The summed E-state index contributed by atoms with van der Waals surface area (Å²) in [5, 5.41) is 6.94. The number of aromatic nitrogens is 1. The second-order valence-electron chi connectivity index (χ2n) is 6.57. The minimum absolute atomic E-state index is 0.0441. The molecule has 1 saturated heterocycles. The number of aliphatic imine (C=N–C) groups is 1. The molecule has 28 heavy (non-hydrogen) atoms. The van der Waals surface area contributed by atoms with E-state index in [1.807, 2.05) is 30.3 Å². The van der Waals surface area contributed by atoms with Crippen molar-refractivity contribution < 1.29 is 13.7 Å². The van der Waals surface area contributed by atoms with Gasteiger partial charge < -0.3 is 9.84 Å². The molecule has 1 fully saturated rings. The highest BCUT2D eigenvalue weighted by Gasteiger charge is 2.23. The third-order valence-corrected chi connectivity index (χ3v) is 4.66. The summed E-state index contributed by atoms with van der Waals surface area (Å²) >= 11 is 0. The van der Waals surface area contributed by atoms with Crippen LogP contribution in [0.4, 0.5) is 10.3 Å². The highest BCUT2D eigenvalue weighted by atomic mass is 19.1. The van der Waals surface area contributed by atoms with Gasteiger partial charge in [0.25, 0.3) is 5.88 Å². The lowest BCUT2D eigenvalue weighted by Crippen LogP contribution is -2.27. The van der Waals surface area contributed by atoms with Gasteiger partial charge in [0.15, 0.2) is 0 Å². The molecule has 1 aromatic heterocycles. The zero-order valence-electron chi connectivity index (χ0n) is 15.4. The smallest absolute Gasteiger partial charge is 0.253 e. The maximum atomic E-state index is 13.9. The number of carbonyl (C=O) groups is 1. The van der Waals surface area contributed by atoms with Crippen molar-refractivity contribution >= 4 is 17.8 Å². The van der Waals surface area contributed by atoms with Crippen LogP contribution in [-0.2, 0) is 17.6 Å². The van der Waals surface area contributed by atoms with Crippen LogP contribution >= 0.6 is 0 Å². The maximum absolute atomic E-state index is 13.9. The summed E-state index contributed by atoms with van der Waals surface area (Å²) < 4.78 is 19.1. The van der Waals surface area contributed by atoms with Crippen molar-refractivity contribution in [2.45, 2.75) is 12.8 Å². The number of hydrogen-bond acceptors (Lipinski definition) is 4. The average molecular weight is 378 g/mol. The van der Waals surface area contributed by atoms with Gasteiger partial charge in [-0.1, -0.05) is 47.6 Å². The molecule has 0 unspecified atom stereocenters. The summed E-state index contributed by atoms with van der Waals surface area (Å²) in [4.78, 5) is 17.2. The number of guanidine groups is 1. The zero-order valence-corrected chi connectivity index (χ0v) is 15.4. The van der Waals surface area contributed by atoms with Crippen LogP contribution in [0.2, 0.25) is 0 Å². The van der Waals surface area contributed by atoms with Crippen LogP contribution in [0.5, 0.6) is 0 Å². The van der Waals surface area contributed by atoms with Crippen molar-refractivity contribution in [2.75, 3.05) is 13.6 Å². The van der Waals surface area contributed by atoms with E-state index in [2.05, 4.69) is 15.5 Å². The van der Waals surface area contributed by atoms with Crippen LogP contribution in [0, 0.1) is 5.82 Å². The lowest BCUT2D eigenvalue weighted by molar-refractivity contribution is -0.123. The number of benzene rings is 2. The predicted molar refractivity (Wildman–Crippen MR) is 104 cm³/mol. The van der Waals surface area contributed by atoms with Crippen molar-refractivity contribution in [1.29, 1.82) is 0 Å². The number of rotatable bonds is 5. The van der Waals surface area contributed by atoms with Gasteiger partial charge in [-0.2, -0.15) is 4.99 Å². The molecule has 4 rings (SSSR count). The van der Waals surface area contributed by atoms with Crippen LogP contribution in [0.25, 0.3) is 11.1 Å². The number of likely N-dealkylation sites (N-methyl/N-ethyl adjacent to an activating group) is 1. The molecule has 2 aromatic carbocycles. The molecule has 1 amide bonds. The van der Waals surface area contributed by atoms with Crippen molar-refractivity contribution in [2.24, 2.45) is 4.99 Å². The second kappa shape index (κ2) is 7.64. The summed E-state index contributed by atoms with van der Waals surface area (Å²) in [7, 11) is 1.66.